The molecular formula is C18H15F2NO3. The molecule has 0 bridgehead atoms. The SMILES string of the molecule is O=CC(F)(F)CNC(=O)OCC1c2ccccc2-c2ccccc21. The molecule has 3 rings (SSSR count). The third-order valence-electron chi connectivity index (χ3n) is 3.98. The van der Waals surface area contributed by atoms with Gasteiger partial charge in [0.05, 0.1) is 6.54 Å². The van der Waals surface area contributed by atoms with Crippen molar-refractivity contribution in [2.75, 3.05) is 13.2 Å². The first kappa shape index (κ1) is 16.1. The predicted molar refractivity (Wildman–Crippen MR) is 84.1 cm³/mol. The number of alkyl halides is 2. The Kier molecular flexibility index (Phi) is 4.29. The number of nitrogens with one attached hydrogen (secondary N) is 1. The van der Waals surface area contributed by atoms with Gasteiger partial charge >= 0.3 is 12.0 Å². The lowest BCUT2D eigenvalue weighted by atomic mass is 9.98. The van der Waals surface area contributed by atoms with Crippen LogP contribution in [0.2, 0.25) is 0 Å². The Labute approximate surface area is 137 Å². The fraction of sp³-hybridized carbons (Fsp3) is 0.222. The molecule has 2 aromatic carbocycles. The van der Waals surface area contributed by atoms with Crippen molar-refractivity contribution in [3.05, 3.63) is 59.7 Å². The molecule has 0 atom stereocenters. The van der Waals surface area contributed by atoms with Gasteiger partial charge in [0.1, 0.15) is 6.61 Å². The molecule has 4 nitrogen and oxygen atoms in total. The second-order valence-electron chi connectivity index (χ2n) is 5.56. The molecule has 1 amide bonds. The Morgan fingerprint density at radius 1 is 1.08 bits per heavy atom. The van der Waals surface area contributed by atoms with E-state index in [9.17, 15) is 18.4 Å². The van der Waals surface area contributed by atoms with Gasteiger partial charge in [0, 0.05) is 5.92 Å². The lowest BCUT2D eigenvalue weighted by Crippen LogP contribution is -2.38. The summed E-state index contributed by atoms with van der Waals surface area (Å²) in [4.78, 5) is 21.7. The lowest BCUT2D eigenvalue weighted by molar-refractivity contribution is -0.128. The smallest absolute Gasteiger partial charge is 0.407 e. The molecule has 1 N–H and O–H groups in total. The van der Waals surface area contributed by atoms with Gasteiger partial charge < -0.3 is 10.1 Å². The van der Waals surface area contributed by atoms with Crippen molar-refractivity contribution in [3.8, 4) is 11.1 Å². The average Bonchev–Trinajstić information content (AvgIpc) is 2.92. The summed E-state index contributed by atoms with van der Waals surface area (Å²) in [6.07, 6.45) is -1.48. The number of hydrogen-bond donors (Lipinski definition) is 1. The number of alkyl carbamates (subject to hydrolysis) is 1. The van der Waals surface area contributed by atoms with Crippen LogP contribution in [-0.4, -0.2) is 31.5 Å². The average molecular weight is 331 g/mol. The number of carbonyl (C=O) groups is 2. The summed E-state index contributed by atoms with van der Waals surface area (Å²) in [6.45, 7) is -1.04. The van der Waals surface area contributed by atoms with Crippen molar-refractivity contribution in [2.24, 2.45) is 0 Å². The molecule has 1 aliphatic carbocycles. The lowest BCUT2D eigenvalue weighted by Gasteiger charge is -2.15. The molecule has 0 heterocycles. The zero-order valence-corrected chi connectivity index (χ0v) is 12.7. The van der Waals surface area contributed by atoms with E-state index in [1.54, 1.807) is 0 Å². The van der Waals surface area contributed by atoms with Crippen LogP contribution in [0, 0.1) is 0 Å². The molecule has 1 aliphatic rings. The number of ether oxygens (including phenoxy) is 1. The zero-order valence-electron chi connectivity index (χ0n) is 12.7. The first-order valence-electron chi connectivity index (χ1n) is 7.45. The normalized spacial score (nSPS) is 13.1. The van der Waals surface area contributed by atoms with Crippen molar-refractivity contribution < 1.29 is 23.1 Å². The Bertz CT molecular complexity index is 731. The fourth-order valence-corrected chi connectivity index (χ4v) is 2.88. The molecule has 0 saturated carbocycles. The molecule has 0 spiro atoms. The first-order chi connectivity index (χ1) is 11.5. The molecule has 124 valence electrons. The minimum atomic E-state index is -3.59. The second kappa shape index (κ2) is 6.39. The highest BCUT2D eigenvalue weighted by atomic mass is 19.3. The van der Waals surface area contributed by atoms with E-state index >= 15 is 0 Å². The highest BCUT2D eigenvalue weighted by Gasteiger charge is 2.31. The van der Waals surface area contributed by atoms with E-state index in [4.69, 9.17) is 4.74 Å². The van der Waals surface area contributed by atoms with Crippen molar-refractivity contribution in [1.82, 2.24) is 5.32 Å². The molecule has 24 heavy (non-hydrogen) atoms. The van der Waals surface area contributed by atoms with Gasteiger partial charge in [-0.05, 0) is 22.3 Å². The minimum absolute atomic E-state index is 0.0342. The van der Waals surface area contributed by atoms with Gasteiger partial charge in [0.15, 0.2) is 6.29 Å². The van der Waals surface area contributed by atoms with Crippen LogP contribution in [0.5, 0.6) is 0 Å². The summed E-state index contributed by atoms with van der Waals surface area (Å²) in [6, 6.07) is 15.6. The summed E-state index contributed by atoms with van der Waals surface area (Å²) < 4.78 is 30.7. The summed E-state index contributed by atoms with van der Waals surface area (Å²) in [5.74, 6) is -3.74. The molecule has 2 aromatic rings. The number of rotatable bonds is 5. The summed E-state index contributed by atoms with van der Waals surface area (Å²) in [7, 11) is 0. The van der Waals surface area contributed by atoms with E-state index < -0.39 is 24.8 Å². The van der Waals surface area contributed by atoms with Crippen LogP contribution in [0.15, 0.2) is 48.5 Å². The van der Waals surface area contributed by atoms with Crippen molar-refractivity contribution in [1.29, 1.82) is 0 Å². The van der Waals surface area contributed by atoms with Crippen LogP contribution in [0.4, 0.5) is 13.6 Å². The number of halogens is 2. The van der Waals surface area contributed by atoms with E-state index in [1.165, 1.54) is 0 Å². The molecule has 0 radical (unpaired) electrons. The third kappa shape index (κ3) is 3.13. The summed E-state index contributed by atoms with van der Waals surface area (Å²) in [5, 5.41) is 1.90. The van der Waals surface area contributed by atoms with Crippen LogP contribution in [0.1, 0.15) is 17.0 Å². The van der Waals surface area contributed by atoms with Crippen molar-refractivity contribution in [2.45, 2.75) is 11.8 Å². The topological polar surface area (TPSA) is 55.4 Å². The van der Waals surface area contributed by atoms with Crippen LogP contribution in [0.25, 0.3) is 11.1 Å². The molecule has 0 aromatic heterocycles. The van der Waals surface area contributed by atoms with Crippen LogP contribution in [0.3, 0.4) is 0 Å². The van der Waals surface area contributed by atoms with Crippen molar-refractivity contribution >= 4 is 12.4 Å². The number of fused-ring (bicyclic) bond motifs is 3. The van der Waals surface area contributed by atoms with E-state index in [0.29, 0.717) is 0 Å². The predicted octanol–water partition coefficient (Wildman–Crippen LogP) is 3.36. The maximum absolute atomic E-state index is 12.8. The summed E-state index contributed by atoms with van der Waals surface area (Å²) in [5.41, 5.74) is 4.22. The molecule has 0 fully saturated rings. The maximum Gasteiger partial charge on any atom is 0.407 e. The third-order valence-corrected chi connectivity index (χ3v) is 3.98. The Hall–Kier alpha value is -2.76. The number of hydrogen-bond acceptors (Lipinski definition) is 3. The molecule has 0 saturated heterocycles. The highest BCUT2D eigenvalue weighted by Crippen LogP contribution is 2.44. The number of carbonyl (C=O) groups excluding carboxylic acids is 2. The number of amides is 1. The Balaban J connectivity index is 1.70. The largest absolute Gasteiger partial charge is 0.449 e. The molecule has 6 heteroatoms. The maximum atomic E-state index is 12.8. The van der Waals surface area contributed by atoms with E-state index in [2.05, 4.69) is 0 Å². The summed E-state index contributed by atoms with van der Waals surface area (Å²) >= 11 is 0. The van der Waals surface area contributed by atoms with E-state index in [1.807, 2.05) is 53.8 Å². The Morgan fingerprint density at radius 2 is 1.62 bits per heavy atom. The van der Waals surface area contributed by atoms with Gasteiger partial charge in [-0.1, -0.05) is 48.5 Å². The number of benzene rings is 2. The second-order valence-corrected chi connectivity index (χ2v) is 5.56. The van der Waals surface area contributed by atoms with Crippen molar-refractivity contribution in [3.63, 3.8) is 0 Å². The molecule has 0 aliphatic heterocycles. The number of aldehydes is 1. The van der Waals surface area contributed by atoms with Crippen LogP contribution < -0.4 is 5.32 Å². The van der Waals surface area contributed by atoms with E-state index in [-0.39, 0.29) is 12.5 Å². The highest BCUT2D eigenvalue weighted by molar-refractivity contribution is 5.79. The zero-order chi connectivity index (χ0) is 17.2. The van der Waals surface area contributed by atoms with Crippen LogP contribution in [-0.2, 0) is 9.53 Å². The standard InChI is InChI=1S/C18H15F2NO3/c19-18(20,11-22)10-21-17(23)24-9-16-14-7-3-1-5-12(14)13-6-2-4-8-15(13)16/h1-8,11,16H,9-10H2,(H,21,23). The first-order valence-corrected chi connectivity index (χ1v) is 7.45. The van der Waals surface area contributed by atoms with Gasteiger partial charge in [-0.15, -0.1) is 0 Å². The van der Waals surface area contributed by atoms with Gasteiger partial charge in [-0.25, -0.2) is 4.79 Å². The fourth-order valence-electron chi connectivity index (χ4n) is 2.88. The van der Waals surface area contributed by atoms with Gasteiger partial charge in [-0.2, -0.15) is 8.78 Å². The minimum Gasteiger partial charge on any atom is -0.449 e. The molecule has 0 unspecified atom stereocenters. The van der Waals surface area contributed by atoms with Gasteiger partial charge in [0.25, 0.3) is 0 Å². The van der Waals surface area contributed by atoms with Crippen LogP contribution >= 0.6 is 0 Å². The van der Waals surface area contributed by atoms with E-state index in [0.717, 1.165) is 22.3 Å². The Morgan fingerprint density at radius 3 is 2.17 bits per heavy atom. The monoisotopic (exact) mass is 331 g/mol. The van der Waals surface area contributed by atoms with Gasteiger partial charge in [-0.3, -0.25) is 4.79 Å². The quantitative estimate of drug-likeness (QED) is 0.855. The molecular weight excluding hydrogens is 316 g/mol. The van der Waals surface area contributed by atoms with Gasteiger partial charge in [0.2, 0.25) is 0 Å².